The third-order valence-corrected chi connectivity index (χ3v) is 8.78. The van der Waals surface area contributed by atoms with Gasteiger partial charge in [0.05, 0.1) is 28.1 Å². The number of hydrogen-bond donors (Lipinski definition) is 1. The first-order chi connectivity index (χ1) is 22.8. The molecule has 0 aliphatic carbocycles. The molecule has 216 valence electrons. The van der Waals surface area contributed by atoms with Crippen LogP contribution in [0.4, 0.5) is 17.1 Å². The molecule has 0 atom stereocenters. The van der Waals surface area contributed by atoms with Crippen molar-refractivity contribution in [1.82, 2.24) is 15.0 Å². The lowest BCUT2D eigenvalue weighted by Crippen LogP contribution is -2.10. The van der Waals surface area contributed by atoms with E-state index in [1.807, 2.05) is 30.3 Å². The summed E-state index contributed by atoms with van der Waals surface area (Å²) >= 11 is 0. The van der Waals surface area contributed by atoms with Crippen molar-refractivity contribution in [2.75, 3.05) is 4.90 Å². The zero-order valence-electron chi connectivity index (χ0n) is 24.9. The number of aromatic amines is 1. The van der Waals surface area contributed by atoms with E-state index in [1.165, 1.54) is 10.8 Å². The van der Waals surface area contributed by atoms with Gasteiger partial charge in [-0.1, -0.05) is 109 Å². The molecule has 46 heavy (non-hydrogen) atoms. The fraction of sp³-hybridized carbons (Fsp3) is 0. The maximum atomic E-state index is 5.24. The maximum Gasteiger partial charge on any atom is 0.0979 e. The molecule has 0 unspecified atom stereocenters. The number of rotatable bonds is 5. The molecule has 7 aromatic carbocycles. The van der Waals surface area contributed by atoms with Crippen LogP contribution in [0, 0.1) is 0 Å². The van der Waals surface area contributed by atoms with Gasteiger partial charge in [-0.2, -0.15) is 0 Å². The first-order valence-electron chi connectivity index (χ1n) is 15.5. The number of anilines is 3. The van der Waals surface area contributed by atoms with E-state index in [2.05, 4.69) is 143 Å². The summed E-state index contributed by atoms with van der Waals surface area (Å²) in [5, 5.41) is 4.68. The average Bonchev–Trinajstić information content (AvgIpc) is 3.50. The minimum atomic E-state index is 0.874. The molecular weight excluding hydrogens is 560 g/mol. The van der Waals surface area contributed by atoms with Crippen LogP contribution >= 0.6 is 0 Å². The molecule has 0 radical (unpaired) electrons. The van der Waals surface area contributed by atoms with E-state index in [0.717, 1.165) is 72.4 Å². The van der Waals surface area contributed by atoms with Crippen LogP contribution in [0.3, 0.4) is 0 Å². The zero-order valence-corrected chi connectivity index (χ0v) is 24.9. The van der Waals surface area contributed by atoms with E-state index in [4.69, 9.17) is 9.97 Å². The largest absolute Gasteiger partial charge is 0.355 e. The summed E-state index contributed by atoms with van der Waals surface area (Å²) in [6.45, 7) is 0. The normalized spacial score (nSPS) is 11.5. The predicted octanol–water partition coefficient (Wildman–Crippen LogP) is 11.2. The van der Waals surface area contributed by atoms with Crippen molar-refractivity contribution in [2.24, 2.45) is 0 Å². The van der Waals surface area contributed by atoms with Crippen molar-refractivity contribution in [1.29, 1.82) is 0 Å². The predicted molar refractivity (Wildman–Crippen MR) is 192 cm³/mol. The molecule has 2 heterocycles. The minimum absolute atomic E-state index is 0.874. The van der Waals surface area contributed by atoms with Crippen LogP contribution in [-0.2, 0) is 0 Å². The number of hydrogen-bond acceptors (Lipinski definition) is 3. The van der Waals surface area contributed by atoms with Crippen molar-refractivity contribution < 1.29 is 0 Å². The summed E-state index contributed by atoms with van der Waals surface area (Å²) in [6.07, 6.45) is 0. The Labute approximate surface area is 266 Å². The lowest BCUT2D eigenvalue weighted by Gasteiger charge is -2.27. The lowest BCUT2D eigenvalue weighted by atomic mass is 9.96. The monoisotopic (exact) mass is 588 g/mol. The molecule has 9 aromatic rings. The molecule has 0 saturated heterocycles. The van der Waals surface area contributed by atoms with E-state index in [9.17, 15) is 0 Å². The van der Waals surface area contributed by atoms with Gasteiger partial charge in [0.1, 0.15) is 0 Å². The van der Waals surface area contributed by atoms with Crippen LogP contribution in [-0.4, -0.2) is 15.0 Å². The van der Waals surface area contributed by atoms with Crippen LogP contribution < -0.4 is 4.90 Å². The number of benzene rings is 7. The highest BCUT2D eigenvalue weighted by Crippen LogP contribution is 2.43. The molecule has 2 aromatic heterocycles. The van der Waals surface area contributed by atoms with Gasteiger partial charge in [0.25, 0.3) is 0 Å². The Hall–Kier alpha value is -6.26. The van der Waals surface area contributed by atoms with E-state index >= 15 is 0 Å². The van der Waals surface area contributed by atoms with E-state index in [1.54, 1.807) is 0 Å². The lowest BCUT2D eigenvalue weighted by molar-refractivity contribution is 1.29. The molecule has 4 heteroatoms. The standard InChI is InChI=1S/C42H28N4/c1-3-13-28(14-4-1)41-42(45-39-23-10-9-22-38(39)44-41)34-20-11-19-33-31(34)18-12-24-40(33)46(29-15-5-2-6-16-29)30-25-26-37-35(27-30)32-17-7-8-21-36(32)43-37/h1-27,43H. The SMILES string of the molecule is c1ccc(-c2nc3ccccc3nc2-c2cccc3c(N(c4ccccc4)c4ccc5[nH]c6ccccc6c5c4)cccc23)cc1. The summed E-state index contributed by atoms with van der Waals surface area (Å²) in [5.74, 6) is 0. The Kier molecular flexibility index (Phi) is 6.10. The topological polar surface area (TPSA) is 44.8 Å². The van der Waals surface area contributed by atoms with Gasteiger partial charge in [0.2, 0.25) is 0 Å². The average molecular weight is 589 g/mol. The molecular formula is C42H28N4. The maximum absolute atomic E-state index is 5.24. The number of fused-ring (bicyclic) bond motifs is 5. The van der Waals surface area contributed by atoms with Gasteiger partial charge in [0.15, 0.2) is 0 Å². The molecule has 4 nitrogen and oxygen atoms in total. The first-order valence-corrected chi connectivity index (χ1v) is 15.5. The summed E-state index contributed by atoms with van der Waals surface area (Å²) in [6, 6.07) is 57.3. The summed E-state index contributed by atoms with van der Waals surface area (Å²) in [4.78, 5) is 16.3. The smallest absolute Gasteiger partial charge is 0.0979 e. The summed E-state index contributed by atoms with van der Waals surface area (Å²) in [5.41, 5.74) is 11.2. The van der Waals surface area contributed by atoms with Crippen LogP contribution in [0.2, 0.25) is 0 Å². The van der Waals surface area contributed by atoms with Gasteiger partial charge < -0.3 is 9.88 Å². The Morgan fingerprint density at radius 3 is 1.87 bits per heavy atom. The Morgan fingerprint density at radius 1 is 0.413 bits per heavy atom. The molecule has 0 aliphatic heterocycles. The number of nitrogens with one attached hydrogen (secondary N) is 1. The van der Waals surface area contributed by atoms with Gasteiger partial charge in [-0.15, -0.1) is 0 Å². The zero-order chi connectivity index (χ0) is 30.5. The van der Waals surface area contributed by atoms with E-state index in [-0.39, 0.29) is 0 Å². The molecule has 1 N–H and O–H groups in total. The number of aromatic nitrogens is 3. The third-order valence-electron chi connectivity index (χ3n) is 8.78. The molecule has 9 rings (SSSR count). The minimum Gasteiger partial charge on any atom is -0.355 e. The number of para-hydroxylation sites is 4. The quantitative estimate of drug-likeness (QED) is 0.217. The molecule has 0 amide bonds. The molecule has 0 saturated carbocycles. The molecule has 0 bridgehead atoms. The van der Waals surface area contributed by atoms with Crippen LogP contribution in [0.1, 0.15) is 0 Å². The van der Waals surface area contributed by atoms with Crippen molar-refractivity contribution in [3.63, 3.8) is 0 Å². The van der Waals surface area contributed by atoms with Crippen molar-refractivity contribution in [3.8, 4) is 22.5 Å². The second-order valence-electron chi connectivity index (χ2n) is 11.5. The second kappa shape index (κ2) is 10.7. The van der Waals surface area contributed by atoms with E-state index < -0.39 is 0 Å². The molecule has 0 spiro atoms. The molecule has 0 aliphatic rings. The third kappa shape index (κ3) is 4.31. The summed E-state index contributed by atoms with van der Waals surface area (Å²) < 4.78 is 0. The van der Waals surface area contributed by atoms with Crippen LogP contribution in [0.15, 0.2) is 164 Å². The highest BCUT2D eigenvalue weighted by molar-refractivity contribution is 6.10. The van der Waals surface area contributed by atoms with Gasteiger partial charge in [0, 0.05) is 49.7 Å². The van der Waals surface area contributed by atoms with Gasteiger partial charge in [-0.3, -0.25) is 0 Å². The fourth-order valence-corrected chi connectivity index (χ4v) is 6.66. The summed E-state index contributed by atoms with van der Waals surface area (Å²) in [7, 11) is 0. The first kappa shape index (κ1) is 26.2. The number of nitrogens with zero attached hydrogens (tertiary/aromatic N) is 3. The van der Waals surface area contributed by atoms with Crippen LogP contribution in [0.25, 0.3) is 66.1 Å². The highest BCUT2D eigenvalue weighted by atomic mass is 15.1. The van der Waals surface area contributed by atoms with E-state index in [0.29, 0.717) is 0 Å². The van der Waals surface area contributed by atoms with Crippen molar-refractivity contribution in [3.05, 3.63) is 164 Å². The van der Waals surface area contributed by atoms with Crippen LogP contribution in [0.5, 0.6) is 0 Å². The van der Waals surface area contributed by atoms with Gasteiger partial charge in [-0.25, -0.2) is 9.97 Å². The van der Waals surface area contributed by atoms with Gasteiger partial charge >= 0.3 is 0 Å². The number of H-pyrrole nitrogens is 1. The Balaban J connectivity index is 1.29. The van der Waals surface area contributed by atoms with Gasteiger partial charge in [-0.05, 0) is 60.0 Å². The van der Waals surface area contributed by atoms with Crippen molar-refractivity contribution in [2.45, 2.75) is 0 Å². The second-order valence-corrected chi connectivity index (χ2v) is 11.5. The highest BCUT2D eigenvalue weighted by Gasteiger charge is 2.20. The van der Waals surface area contributed by atoms with Crippen molar-refractivity contribution >= 4 is 60.7 Å². The Bertz CT molecular complexity index is 2530. The molecule has 0 fully saturated rings. The fourth-order valence-electron chi connectivity index (χ4n) is 6.66. The Morgan fingerprint density at radius 2 is 1.04 bits per heavy atom.